The van der Waals surface area contributed by atoms with Gasteiger partial charge in [0.1, 0.15) is 0 Å². The smallest absolute Gasteiger partial charge is 0.349 e. The van der Waals surface area contributed by atoms with Crippen LogP contribution < -0.4 is 5.73 Å². The second kappa shape index (κ2) is 8.75. The molecule has 0 fully saturated rings. The monoisotopic (exact) mass is 311 g/mol. The second-order valence-electron chi connectivity index (χ2n) is 3.58. The van der Waals surface area contributed by atoms with Gasteiger partial charge in [0.25, 0.3) is 5.95 Å². The van der Waals surface area contributed by atoms with Gasteiger partial charge in [-0.2, -0.15) is 5.10 Å². The van der Waals surface area contributed by atoms with Crippen molar-refractivity contribution >= 4 is 29.4 Å². The molecule has 1 aromatic rings. The lowest BCUT2D eigenvalue weighted by Gasteiger charge is -2.08. The van der Waals surface area contributed by atoms with Gasteiger partial charge in [-0.25, -0.2) is 4.79 Å². The van der Waals surface area contributed by atoms with Crippen molar-refractivity contribution < 1.29 is 19.4 Å². The summed E-state index contributed by atoms with van der Waals surface area (Å²) in [7, 11) is 0. The van der Waals surface area contributed by atoms with E-state index in [2.05, 4.69) is 10.2 Å². The highest BCUT2D eigenvalue weighted by molar-refractivity contribution is 7.11. The van der Waals surface area contributed by atoms with Crippen molar-refractivity contribution in [3.63, 3.8) is 0 Å². The number of thiophene rings is 1. The fourth-order valence-electron chi connectivity index (χ4n) is 1.28. The van der Waals surface area contributed by atoms with Crippen molar-refractivity contribution in [2.24, 2.45) is 15.9 Å². The first-order valence-corrected chi connectivity index (χ1v) is 7.11. The van der Waals surface area contributed by atoms with E-state index in [1.54, 1.807) is 13.8 Å². The number of carbonyl (C=O) groups is 1. The quantitative estimate of drug-likeness (QED) is 0.199. The highest BCUT2D eigenvalue weighted by Gasteiger charge is 2.22. The minimum absolute atomic E-state index is 0.132. The first-order chi connectivity index (χ1) is 10.1. The SMILES string of the molecule is CCOC(=O)C(C(N)=N/N=C/c1cccs1)=C(O)OCC. The number of esters is 1. The average molecular weight is 311 g/mol. The predicted molar refractivity (Wildman–Crippen MR) is 81.4 cm³/mol. The van der Waals surface area contributed by atoms with Crippen LogP contribution in [0.3, 0.4) is 0 Å². The standard InChI is InChI=1S/C13H17N3O4S/c1-3-19-12(17)10(13(18)20-4-2)11(14)16-15-8-9-6-5-7-21-9/h5-8,17H,3-4H2,1-2H3,(H2,14,16)/b12-10?,15-8+. The molecule has 0 spiro atoms. The van der Waals surface area contributed by atoms with E-state index in [9.17, 15) is 9.90 Å². The average Bonchev–Trinajstić information content (AvgIpc) is 2.92. The van der Waals surface area contributed by atoms with Gasteiger partial charge in [0, 0.05) is 4.88 Å². The van der Waals surface area contributed by atoms with Crippen LogP contribution in [0.25, 0.3) is 0 Å². The molecule has 0 aliphatic carbocycles. The van der Waals surface area contributed by atoms with Crippen molar-refractivity contribution in [3.05, 3.63) is 33.9 Å². The summed E-state index contributed by atoms with van der Waals surface area (Å²) < 4.78 is 9.67. The van der Waals surface area contributed by atoms with Gasteiger partial charge in [0.05, 0.1) is 19.4 Å². The van der Waals surface area contributed by atoms with Crippen LogP contribution in [0.5, 0.6) is 0 Å². The summed E-state index contributed by atoms with van der Waals surface area (Å²) in [5.41, 5.74) is 5.32. The molecule has 114 valence electrons. The van der Waals surface area contributed by atoms with Gasteiger partial charge < -0.3 is 20.3 Å². The zero-order valence-electron chi connectivity index (χ0n) is 11.8. The summed E-state index contributed by atoms with van der Waals surface area (Å²) in [4.78, 5) is 12.6. The summed E-state index contributed by atoms with van der Waals surface area (Å²) in [6.45, 7) is 3.59. The topological polar surface area (TPSA) is 107 Å². The molecular formula is C13H17N3O4S. The highest BCUT2D eigenvalue weighted by atomic mass is 32.1. The number of aliphatic hydroxyl groups is 1. The van der Waals surface area contributed by atoms with Crippen molar-refractivity contribution in [2.75, 3.05) is 13.2 Å². The van der Waals surface area contributed by atoms with Crippen LogP contribution in [0.4, 0.5) is 0 Å². The molecule has 0 bridgehead atoms. The van der Waals surface area contributed by atoms with E-state index < -0.39 is 11.9 Å². The summed E-state index contributed by atoms with van der Waals surface area (Å²) >= 11 is 1.47. The second-order valence-corrected chi connectivity index (χ2v) is 4.56. The van der Waals surface area contributed by atoms with Gasteiger partial charge in [0.15, 0.2) is 11.4 Å². The predicted octanol–water partition coefficient (Wildman–Crippen LogP) is 1.81. The van der Waals surface area contributed by atoms with Gasteiger partial charge in [-0.05, 0) is 25.3 Å². The van der Waals surface area contributed by atoms with Crippen LogP contribution in [-0.2, 0) is 14.3 Å². The van der Waals surface area contributed by atoms with E-state index in [4.69, 9.17) is 15.2 Å². The Morgan fingerprint density at radius 1 is 1.43 bits per heavy atom. The van der Waals surface area contributed by atoms with E-state index in [0.717, 1.165) is 4.88 Å². The van der Waals surface area contributed by atoms with Gasteiger partial charge in [-0.1, -0.05) is 6.07 Å². The molecule has 7 nitrogen and oxygen atoms in total. The van der Waals surface area contributed by atoms with Gasteiger partial charge in [0.2, 0.25) is 0 Å². The van der Waals surface area contributed by atoms with Gasteiger partial charge >= 0.3 is 5.97 Å². The molecular weight excluding hydrogens is 294 g/mol. The molecule has 0 atom stereocenters. The maximum atomic E-state index is 11.8. The normalized spacial score (nSPS) is 13.1. The molecule has 0 unspecified atom stereocenters. The first kappa shape index (κ1) is 16.7. The number of hydrogen-bond donors (Lipinski definition) is 2. The fourth-order valence-corrected chi connectivity index (χ4v) is 1.86. The van der Waals surface area contributed by atoms with E-state index >= 15 is 0 Å². The Bertz CT molecular complexity index is 550. The fraction of sp³-hybridized carbons (Fsp3) is 0.308. The maximum absolute atomic E-state index is 11.8. The first-order valence-electron chi connectivity index (χ1n) is 6.23. The molecule has 8 heteroatoms. The van der Waals surface area contributed by atoms with Gasteiger partial charge in [-0.15, -0.1) is 16.4 Å². The molecule has 0 saturated heterocycles. The summed E-state index contributed by atoms with van der Waals surface area (Å²) in [5, 5.41) is 19.0. The molecule has 0 saturated carbocycles. The lowest BCUT2D eigenvalue weighted by Crippen LogP contribution is -2.25. The number of rotatable bonds is 7. The van der Waals surface area contributed by atoms with Crippen LogP contribution >= 0.6 is 11.3 Å². The third-order valence-corrected chi connectivity index (χ3v) is 2.93. The Labute approximate surface area is 126 Å². The van der Waals surface area contributed by atoms with Crippen LogP contribution in [0.15, 0.2) is 39.2 Å². The Morgan fingerprint density at radius 2 is 2.14 bits per heavy atom. The Kier molecular flexibility index (Phi) is 6.96. The van der Waals surface area contributed by atoms with E-state index in [-0.39, 0.29) is 24.6 Å². The molecule has 3 N–H and O–H groups in total. The Morgan fingerprint density at radius 3 is 2.71 bits per heavy atom. The van der Waals surface area contributed by atoms with E-state index in [1.807, 2.05) is 17.5 Å². The Balaban J connectivity index is 2.96. The van der Waals surface area contributed by atoms with Crippen LogP contribution in [0.1, 0.15) is 18.7 Å². The minimum atomic E-state index is -0.823. The van der Waals surface area contributed by atoms with E-state index in [0.29, 0.717) is 0 Å². The van der Waals surface area contributed by atoms with E-state index in [1.165, 1.54) is 17.6 Å². The van der Waals surface area contributed by atoms with Gasteiger partial charge in [-0.3, -0.25) is 0 Å². The lowest BCUT2D eigenvalue weighted by atomic mass is 10.2. The van der Waals surface area contributed by atoms with Crippen molar-refractivity contribution in [2.45, 2.75) is 13.8 Å². The number of hydrogen-bond acceptors (Lipinski definition) is 7. The summed E-state index contributed by atoms with van der Waals surface area (Å²) in [6, 6.07) is 3.71. The van der Waals surface area contributed by atoms with Crippen molar-refractivity contribution in [3.8, 4) is 0 Å². The van der Waals surface area contributed by atoms with Crippen LogP contribution in [0.2, 0.25) is 0 Å². The lowest BCUT2D eigenvalue weighted by molar-refractivity contribution is -0.138. The van der Waals surface area contributed by atoms with Crippen LogP contribution in [-0.4, -0.2) is 36.3 Å². The molecule has 0 aliphatic rings. The molecule has 0 aliphatic heterocycles. The van der Waals surface area contributed by atoms with Crippen molar-refractivity contribution in [1.29, 1.82) is 0 Å². The maximum Gasteiger partial charge on any atom is 0.349 e. The number of nitrogens with two attached hydrogens (primary N) is 1. The summed E-state index contributed by atoms with van der Waals surface area (Å²) in [6.07, 6.45) is 1.48. The molecule has 1 rings (SSSR count). The molecule has 1 heterocycles. The van der Waals surface area contributed by atoms with Crippen LogP contribution in [0, 0.1) is 0 Å². The number of carbonyl (C=O) groups excluding carboxylic acids is 1. The number of nitrogens with zero attached hydrogens (tertiary/aromatic N) is 2. The zero-order chi connectivity index (χ0) is 15.7. The largest absolute Gasteiger partial charge is 0.480 e. The van der Waals surface area contributed by atoms with Crippen molar-refractivity contribution in [1.82, 2.24) is 0 Å². The Hall–Kier alpha value is -2.35. The molecule has 0 amide bonds. The number of ether oxygens (including phenoxy) is 2. The molecule has 21 heavy (non-hydrogen) atoms. The highest BCUT2D eigenvalue weighted by Crippen LogP contribution is 2.08. The third kappa shape index (κ3) is 5.27. The third-order valence-electron chi connectivity index (χ3n) is 2.12. The zero-order valence-corrected chi connectivity index (χ0v) is 12.6. The number of amidine groups is 1. The molecule has 0 radical (unpaired) electrons. The minimum Gasteiger partial charge on any atom is -0.480 e. The summed E-state index contributed by atoms with van der Waals surface area (Å²) in [5.74, 6) is -1.74. The number of aliphatic hydroxyl groups excluding tert-OH is 1. The molecule has 1 aromatic heterocycles. The molecule has 0 aromatic carbocycles.